The van der Waals surface area contributed by atoms with Gasteiger partial charge in [0.05, 0.1) is 4.92 Å². The summed E-state index contributed by atoms with van der Waals surface area (Å²) < 4.78 is 0. The molecule has 0 aliphatic rings. The van der Waals surface area contributed by atoms with E-state index < -0.39 is 4.92 Å². The molecule has 0 aliphatic heterocycles. The van der Waals surface area contributed by atoms with E-state index in [0.29, 0.717) is 11.3 Å². The lowest BCUT2D eigenvalue weighted by molar-refractivity contribution is -0.384. The number of nitrogens with two attached hydrogens (primary N) is 1. The number of aryl methyl sites for hydroxylation is 1. The first-order chi connectivity index (χ1) is 8.99. The summed E-state index contributed by atoms with van der Waals surface area (Å²) in [4.78, 5) is 22.4. The van der Waals surface area contributed by atoms with E-state index in [4.69, 9.17) is 5.73 Å². The Balaban J connectivity index is 2.41. The summed E-state index contributed by atoms with van der Waals surface area (Å²) in [5.74, 6) is -0.282. The Bertz CT molecular complexity index is 665. The highest BCUT2D eigenvalue weighted by Crippen LogP contribution is 2.19. The number of nitrogens with zero attached hydrogens (tertiary/aromatic N) is 1. The molecule has 0 aliphatic carbocycles. The maximum absolute atomic E-state index is 12.2. The number of nitro benzene ring substituents is 1. The molecule has 2 aromatic carbocycles. The predicted octanol–water partition coefficient (Wildman–Crippen LogP) is 2.72. The quantitative estimate of drug-likeness (QED) is 0.396. The Morgan fingerprint density at radius 3 is 2.47 bits per heavy atom. The number of nitrogen functional groups attached to an aromatic ring is 1. The van der Waals surface area contributed by atoms with Gasteiger partial charge < -0.3 is 5.73 Å². The highest BCUT2D eigenvalue weighted by atomic mass is 16.6. The smallest absolute Gasteiger partial charge is 0.270 e. The molecule has 2 N–H and O–H groups in total. The van der Waals surface area contributed by atoms with Gasteiger partial charge in [0.1, 0.15) is 0 Å². The summed E-state index contributed by atoms with van der Waals surface area (Å²) in [6, 6.07) is 10.6. The molecule has 2 rings (SSSR count). The number of carbonyl (C=O) groups excluding carboxylic acids is 1. The Morgan fingerprint density at radius 2 is 1.84 bits per heavy atom. The molecule has 5 heteroatoms. The van der Waals surface area contributed by atoms with Crippen LogP contribution in [0, 0.1) is 17.0 Å². The van der Waals surface area contributed by atoms with Gasteiger partial charge in [-0.25, -0.2) is 0 Å². The summed E-state index contributed by atoms with van der Waals surface area (Å²) in [6.45, 7) is 1.84. The van der Waals surface area contributed by atoms with Crippen molar-refractivity contribution in [1.29, 1.82) is 0 Å². The molecule has 0 unspecified atom stereocenters. The van der Waals surface area contributed by atoms with Crippen molar-refractivity contribution in [3.63, 3.8) is 0 Å². The number of carbonyl (C=O) groups is 1. The van der Waals surface area contributed by atoms with Gasteiger partial charge in [-0.3, -0.25) is 14.9 Å². The second-order valence-electron chi connectivity index (χ2n) is 4.21. The van der Waals surface area contributed by atoms with Crippen LogP contribution >= 0.6 is 0 Å². The fourth-order valence-electron chi connectivity index (χ4n) is 1.71. The fraction of sp³-hybridized carbons (Fsp3) is 0.0714. The third-order valence-electron chi connectivity index (χ3n) is 2.86. The molecule has 0 bridgehead atoms. The van der Waals surface area contributed by atoms with Crippen LogP contribution in [-0.4, -0.2) is 10.7 Å². The number of benzene rings is 2. The van der Waals surface area contributed by atoms with Gasteiger partial charge in [0.25, 0.3) is 5.69 Å². The number of rotatable bonds is 3. The van der Waals surface area contributed by atoms with E-state index in [0.717, 1.165) is 5.56 Å². The summed E-state index contributed by atoms with van der Waals surface area (Å²) >= 11 is 0. The van der Waals surface area contributed by atoms with Gasteiger partial charge >= 0.3 is 0 Å². The molecule has 0 amide bonds. The van der Waals surface area contributed by atoms with Crippen molar-refractivity contribution in [2.75, 3.05) is 5.73 Å². The molecule has 5 nitrogen and oxygen atoms in total. The first-order valence-corrected chi connectivity index (χ1v) is 5.64. The van der Waals surface area contributed by atoms with Crippen LogP contribution in [0.5, 0.6) is 0 Å². The first kappa shape index (κ1) is 12.8. The van der Waals surface area contributed by atoms with E-state index in [-0.39, 0.29) is 17.0 Å². The third-order valence-corrected chi connectivity index (χ3v) is 2.86. The maximum atomic E-state index is 12.2. The summed E-state index contributed by atoms with van der Waals surface area (Å²) in [6.07, 6.45) is 0. The van der Waals surface area contributed by atoms with Crippen LogP contribution in [0.4, 0.5) is 11.4 Å². The van der Waals surface area contributed by atoms with E-state index in [1.807, 2.05) is 6.92 Å². The molecule has 0 atom stereocenters. The first-order valence-electron chi connectivity index (χ1n) is 5.64. The van der Waals surface area contributed by atoms with Crippen LogP contribution in [0.3, 0.4) is 0 Å². The molecular weight excluding hydrogens is 244 g/mol. The van der Waals surface area contributed by atoms with E-state index in [1.165, 1.54) is 18.2 Å². The predicted molar refractivity (Wildman–Crippen MR) is 72.1 cm³/mol. The molecule has 19 heavy (non-hydrogen) atoms. The zero-order chi connectivity index (χ0) is 14.0. The molecule has 0 aromatic heterocycles. The number of hydrogen-bond acceptors (Lipinski definition) is 4. The molecule has 0 saturated carbocycles. The number of ketones is 1. The highest BCUT2D eigenvalue weighted by Gasteiger charge is 2.13. The molecule has 0 fully saturated rings. The Labute approximate surface area is 109 Å². The Morgan fingerprint density at radius 1 is 1.16 bits per heavy atom. The van der Waals surface area contributed by atoms with E-state index in [9.17, 15) is 14.9 Å². The highest BCUT2D eigenvalue weighted by molar-refractivity contribution is 6.09. The van der Waals surface area contributed by atoms with E-state index >= 15 is 0 Å². The minimum Gasteiger partial charge on any atom is -0.398 e. The Kier molecular flexibility index (Phi) is 3.29. The van der Waals surface area contributed by atoms with E-state index in [1.54, 1.807) is 24.3 Å². The lowest BCUT2D eigenvalue weighted by atomic mass is 10.0. The molecule has 2 aromatic rings. The zero-order valence-corrected chi connectivity index (χ0v) is 10.3. The van der Waals surface area contributed by atoms with Gasteiger partial charge in [-0.1, -0.05) is 24.3 Å². The summed E-state index contributed by atoms with van der Waals surface area (Å²) in [7, 11) is 0. The number of nitro groups is 1. The average Bonchev–Trinajstić information content (AvgIpc) is 2.41. The minimum atomic E-state index is -0.527. The normalized spacial score (nSPS) is 10.2. The topological polar surface area (TPSA) is 86.2 Å². The van der Waals surface area contributed by atoms with E-state index in [2.05, 4.69) is 0 Å². The summed E-state index contributed by atoms with van der Waals surface area (Å²) in [5.41, 5.74) is 7.75. The van der Waals surface area contributed by atoms with Crippen molar-refractivity contribution >= 4 is 17.2 Å². The van der Waals surface area contributed by atoms with Crippen molar-refractivity contribution in [2.24, 2.45) is 0 Å². The Hall–Kier alpha value is -2.69. The standard InChI is InChI=1S/C14H12N2O3/c1-9-5-6-11(8-13(9)15)14(17)10-3-2-4-12(7-10)16(18)19/h2-8H,15H2,1H3. The maximum Gasteiger partial charge on any atom is 0.270 e. The minimum absolute atomic E-state index is 0.106. The van der Waals surface area contributed by atoms with Gasteiger partial charge in [-0.05, 0) is 18.6 Å². The monoisotopic (exact) mass is 256 g/mol. The van der Waals surface area contributed by atoms with Crippen molar-refractivity contribution in [2.45, 2.75) is 6.92 Å². The van der Waals surface area contributed by atoms with Crippen molar-refractivity contribution in [3.05, 3.63) is 69.3 Å². The van der Waals surface area contributed by atoms with Gasteiger partial charge in [-0.15, -0.1) is 0 Å². The molecule has 0 radical (unpaired) electrons. The number of hydrogen-bond donors (Lipinski definition) is 1. The van der Waals surface area contributed by atoms with Crippen LogP contribution in [0.15, 0.2) is 42.5 Å². The molecule has 0 spiro atoms. The molecule has 96 valence electrons. The largest absolute Gasteiger partial charge is 0.398 e. The second-order valence-corrected chi connectivity index (χ2v) is 4.21. The lowest BCUT2D eigenvalue weighted by Gasteiger charge is -2.04. The van der Waals surface area contributed by atoms with Crippen LogP contribution < -0.4 is 5.73 Å². The van der Waals surface area contributed by atoms with Gasteiger partial charge in [0.15, 0.2) is 5.78 Å². The molecular formula is C14H12N2O3. The van der Waals surface area contributed by atoms with Crippen LogP contribution in [0.25, 0.3) is 0 Å². The zero-order valence-electron chi connectivity index (χ0n) is 10.3. The van der Waals surface area contributed by atoms with Crippen molar-refractivity contribution in [3.8, 4) is 0 Å². The van der Waals surface area contributed by atoms with Crippen LogP contribution in [0.2, 0.25) is 0 Å². The SMILES string of the molecule is Cc1ccc(C(=O)c2cccc([N+](=O)[O-])c2)cc1N. The lowest BCUT2D eigenvalue weighted by Crippen LogP contribution is -2.03. The van der Waals surface area contributed by atoms with Gasteiger partial charge in [-0.2, -0.15) is 0 Å². The fourth-order valence-corrected chi connectivity index (χ4v) is 1.71. The second kappa shape index (κ2) is 4.89. The van der Waals surface area contributed by atoms with Gasteiger partial charge in [0, 0.05) is 28.9 Å². The number of anilines is 1. The van der Waals surface area contributed by atoms with Crippen molar-refractivity contribution in [1.82, 2.24) is 0 Å². The summed E-state index contributed by atoms with van der Waals surface area (Å²) in [5, 5.41) is 10.7. The molecule has 0 heterocycles. The van der Waals surface area contributed by atoms with Gasteiger partial charge in [0.2, 0.25) is 0 Å². The average molecular weight is 256 g/mol. The van der Waals surface area contributed by atoms with Crippen LogP contribution in [-0.2, 0) is 0 Å². The van der Waals surface area contributed by atoms with Crippen LogP contribution in [0.1, 0.15) is 21.5 Å². The van der Waals surface area contributed by atoms with Crippen molar-refractivity contribution < 1.29 is 9.72 Å². The molecule has 0 saturated heterocycles. The third kappa shape index (κ3) is 2.60. The number of non-ortho nitro benzene ring substituents is 1.